The first-order chi connectivity index (χ1) is 6.61. The average molecular weight is 196 g/mol. The maximum absolute atomic E-state index is 11.5. The van der Waals surface area contributed by atoms with Gasteiger partial charge in [0, 0.05) is 18.7 Å². The van der Waals surface area contributed by atoms with Crippen LogP contribution < -0.4 is 5.11 Å². The van der Waals surface area contributed by atoms with Crippen LogP contribution in [0.3, 0.4) is 0 Å². The minimum Gasteiger partial charge on any atom is -0.545 e. The second kappa shape index (κ2) is 4.79. The van der Waals surface area contributed by atoms with E-state index in [0.717, 1.165) is 38.0 Å². The van der Waals surface area contributed by atoms with Gasteiger partial charge in [0.15, 0.2) is 0 Å². The summed E-state index contributed by atoms with van der Waals surface area (Å²) in [5.41, 5.74) is 0. The molecule has 0 aromatic carbocycles. The van der Waals surface area contributed by atoms with E-state index in [1.807, 2.05) is 6.92 Å². The Kier molecular flexibility index (Phi) is 3.68. The summed E-state index contributed by atoms with van der Waals surface area (Å²) in [5, 5.41) is 10.1. The van der Waals surface area contributed by atoms with Gasteiger partial charge in [-0.1, -0.05) is 0 Å². The third-order valence-electron chi connectivity index (χ3n) is 2.45. The monoisotopic (exact) mass is 196 g/mol. The van der Waals surface area contributed by atoms with E-state index in [2.05, 4.69) is 0 Å². The number of carboxylic acid groups (broad SMARTS) is 1. The maximum Gasteiger partial charge on any atom is 0.246 e. The standard InChI is InChI=1S/C10H15NO3/c1-8-4-2-3-7-11(8)9(12)5-6-10(13)14/h5-6,8H,2-4,7H2,1H3,(H,13,14)/p-1. The van der Waals surface area contributed by atoms with Gasteiger partial charge in [0.25, 0.3) is 0 Å². The van der Waals surface area contributed by atoms with Crippen molar-refractivity contribution in [3.8, 4) is 0 Å². The molecule has 0 saturated carbocycles. The Morgan fingerprint density at radius 3 is 2.64 bits per heavy atom. The number of likely N-dealkylation sites (tertiary alicyclic amines) is 1. The van der Waals surface area contributed by atoms with E-state index < -0.39 is 5.97 Å². The molecule has 1 unspecified atom stereocenters. The van der Waals surface area contributed by atoms with Gasteiger partial charge in [-0.15, -0.1) is 0 Å². The van der Waals surface area contributed by atoms with Gasteiger partial charge >= 0.3 is 0 Å². The number of carboxylic acids is 1. The van der Waals surface area contributed by atoms with Crippen LogP contribution in [-0.4, -0.2) is 29.4 Å². The highest BCUT2D eigenvalue weighted by atomic mass is 16.4. The van der Waals surface area contributed by atoms with Gasteiger partial charge in [0.2, 0.25) is 5.91 Å². The number of hydrogen-bond donors (Lipinski definition) is 0. The lowest BCUT2D eigenvalue weighted by Crippen LogP contribution is -2.41. The van der Waals surface area contributed by atoms with Crippen LogP contribution in [0, 0.1) is 0 Å². The lowest BCUT2D eigenvalue weighted by molar-refractivity contribution is -0.297. The summed E-state index contributed by atoms with van der Waals surface area (Å²) < 4.78 is 0. The first kappa shape index (κ1) is 10.8. The zero-order valence-electron chi connectivity index (χ0n) is 8.23. The van der Waals surface area contributed by atoms with E-state index in [9.17, 15) is 14.7 Å². The molecule has 1 aliphatic heterocycles. The van der Waals surface area contributed by atoms with Crippen molar-refractivity contribution >= 4 is 11.9 Å². The third-order valence-corrected chi connectivity index (χ3v) is 2.45. The number of piperidine rings is 1. The Morgan fingerprint density at radius 1 is 1.36 bits per heavy atom. The average Bonchev–Trinajstić information content (AvgIpc) is 2.15. The summed E-state index contributed by atoms with van der Waals surface area (Å²) in [6.07, 6.45) is 4.97. The molecule has 78 valence electrons. The minimum absolute atomic E-state index is 0.211. The molecule has 0 aromatic rings. The summed E-state index contributed by atoms with van der Waals surface area (Å²) in [6.45, 7) is 2.70. The van der Waals surface area contributed by atoms with Gasteiger partial charge in [-0.2, -0.15) is 0 Å². The van der Waals surface area contributed by atoms with Gasteiger partial charge in [0.05, 0.1) is 5.97 Å². The van der Waals surface area contributed by atoms with E-state index in [0.29, 0.717) is 0 Å². The number of hydrogen-bond acceptors (Lipinski definition) is 3. The molecule has 14 heavy (non-hydrogen) atoms. The van der Waals surface area contributed by atoms with E-state index in [-0.39, 0.29) is 11.9 Å². The summed E-state index contributed by atoms with van der Waals surface area (Å²) in [5.74, 6) is -1.57. The zero-order valence-corrected chi connectivity index (χ0v) is 8.23. The molecule has 0 aliphatic carbocycles. The Balaban J connectivity index is 2.54. The number of nitrogens with zero attached hydrogens (tertiary/aromatic N) is 1. The molecule has 0 N–H and O–H groups in total. The Morgan fingerprint density at radius 2 is 2.07 bits per heavy atom. The summed E-state index contributed by atoms with van der Waals surface area (Å²) in [7, 11) is 0. The molecule has 1 aliphatic rings. The number of rotatable bonds is 2. The van der Waals surface area contributed by atoms with Crippen molar-refractivity contribution < 1.29 is 14.7 Å². The van der Waals surface area contributed by atoms with Crippen LogP contribution in [0.1, 0.15) is 26.2 Å². The lowest BCUT2D eigenvalue weighted by atomic mass is 10.0. The minimum atomic E-state index is -1.33. The second-order valence-corrected chi connectivity index (χ2v) is 3.53. The van der Waals surface area contributed by atoms with Crippen molar-refractivity contribution in [2.24, 2.45) is 0 Å². The summed E-state index contributed by atoms with van der Waals surface area (Å²) in [4.78, 5) is 23.3. The van der Waals surface area contributed by atoms with Crippen LogP contribution in [0.4, 0.5) is 0 Å². The zero-order chi connectivity index (χ0) is 10.6. The normalized spacial score (nSPS) is 22.6. The van der Waals surface area contributed by atoms with E-state index >= 15 is 0 Å². The van der Waals surface area contributed by atoms with Crippen molar-refractivity contribution in [2.75, 3.05) is 6.54 Å². The van der Waals surface area contributed by atoms with Crippen molar-refractivity contribution in [3.05, 3.63) is 12.2 Å². The molecule has 0 spiro atoms. The first-order valence-corrected chi connectivity index (χ1v) is 4.81. The van der Waals surface area contributed by atoms with Crippen molar-refractivity contribution in [3.63, 3.8) is 0 Å². The Hall–Kier alpha value is -1.32. The quantitative estimate of drug-likeness (QED) is 0.569. The predicted molar refractivity (Wildman–Crippen MR) is 49.2 cm³/mol. The van der Waals surface area contributed by atoms with E-state index in [4.69, 9.17) is 0 Å². The van der Waals surface area contributed by atoms with Crippen LogP contribution in [0.15, 0.2) is 12.2 Å². The molecular formula is C10H14NO3-. The number of carbonyl (C=O) groups excluding carboxylic acids is 2. The highest BCUT2D eigenvalue weighted by Gasteiger charge is 2.20. The number of aliphatic carboxylic acids is 1. The van der Waals surface area contributed by atoms with Gasteiger partial charge in [-0.25, -0.2) is 0 Å². The highest BCUT2D eigenvalue weighted by Crippen LogP contribution is 2.16. The smallest absolute Gasteiger partial charge is 0.246 e. The summed E-state index contributed by atoms with van der Waals surface area (Å²) >= 11 is 0. The SMILES string of the molecule is CC1CCCCN1C(=O)C=CC(=O)[O-]. The first-order valence-electron chi connectivity index (χ1n) is 4.81. The molecule has 1 rings (SSSR count). The van der Waals surface area contributed by atoms with Crippen molar-refractivity contribution in [1.82, 2.24) is 4.90 Å². The van der Waals surface area contributed by atoms with Crippen LogP contribution in [0.25, 0.3) is 0 Å². The molecule has 4 nitrogen and oxygen atoms in total. The molecule has 1 saturated heterocycles. The fourth-order valence-electron chi connectivity index (χ4n) is 1.66. The number of carbonyl (C=O) groups is 2. The van der Waals surface area contributed by atoms with Crippen LogP contribution in [0.2, 0.25) is 0 Å². The van der Waals surface area contributed by atoms with Crippen molar-refractivity contribution in [1.29, 1.82) is 0 Å². The van der Waals surface area contributed by atoms with Crippen LogP contribution >= 0.6 is 0 Å². The molecule has 1 heterocycles. The van der Waals surface area contributed by atoms with Gasteiger partial charge in [-0.3, -0.25) is 4.79 Å². The van der Waals surface area contributed by atoms with E-state index in [1.165, 1.54) is 0 Å². The van der Waals surface area contributed by atoms with Gasteiger partial charge < -0.3 is 14.8 Å². The van der Waals surface area contributed by atoms with Crippen LogP contribution in [0.5, 0.6) is 0 Å². The summed E-state index contributed by atoms with van der Waals surface area (Å²) in [6, 6.07) is 0.211. The Bertz CT molecular complexity index is 260. The molecule has 1 fully saturated rings. The molecule has 0 aromatic heterocycles. The Labute approximate surface area is 83.2 Å². The molecule has 0 radical (unpaired) electrons. The predicted octanol–water partition coefficient (Wildman–Crippen LogP) is -0.307. The van der Waals surface area contributed by atoms with Crippen molar-refractivity contribution in [2.45, 2.75) is 32.2 Å². The van der Waals surface area contributed by atoms with Gasteiger partial charge in [-0.05, 0) is 32.3 Å². The van der Waals surface area contributed by atoms with E-state index in [1.54, 1.807) is 4.90 Å². The third kappa shape index (κ3) is 2.87. The fraction of sp³-hybridized carbons (Fsp3) is 0.600. The lowest BCUT2D eigenvalue weighted by Gasteiger charge is -2.32. The molecule has 1 atom stereocenters. The fourth-order valence-corrected chi connectivity index (χ4v) is 1.66. The van der Waals surface area contributed by atoms with Crippen LogP contribution in [-0.2, 0) is 9.59 Å². The molecule has 1 amide bonds. The van der Waals surface area contributed by atoms with Gasteiger partial charge in [0.1, 0.15) is 0 Å². The second-order valence-electron chi connectivity index (χ2n) is 3.53. The molecule has 0 bridgehead atoms. The maximum atomic E-state index is 11.5. The highest BCUT2D eigenvalue weighted by molar-refractivity contribution is 5.93. The molecule has 4 heteroatoms. The number of amides is 1. The topological polar surface area (TPSA) is 60.4 Å². The molecular weight excluding hydrogens is 182 g/mol. The largest absolute Gasteiger partial charge is 0.545 e.